The zero-order chi connectivity index (χ0) is 14.5. The van der Waals surface area contributed by atoms with Crippen molar-refractivity contribution in [2.45, 2.75) is 31.2 Å². The van der Waals surface area contributed by atoms with Crippen LogP contribution in [0, 0.1) is 0 Å². The van der Waals surface area contributed by atoms with Crippen LogP contribution in [-0.4, -0.2) is 37.2 Å². The van der Waals surface area contributed by atoms with Gasteiger partial charge in [-0.3, -0.25) is 4.79 Å². The number of imide groups is 1. The van der Waals surface area contributed by atoms with Crippen LogP contribution in [-0.2, 0) is 21.4 Å². The summed E-state index contributed by atoms with van der Waals surface area (Å²) in [5.74, 6) is 0.550. The number of benzene rings is 1. The summed E-state index contributed by atoms with van der Waals surface area (Å²) in [6.45, 7) is 1.89. The fourth-order valence-electron chi connectivity index (χ4n) is 3.43. The molecule has 5 heteroatoms. The second kappa shape index (κ2) is 4.23. The summed E-state index contributed by atoms with van der Waals surface area (Å²) >= 11 is 0. The normalized spacial score (nSPS) is 27.2. The Kier molecular flexibility index (Phi) is 2.74. The maximum atomic E-state index is 12.7. The first-order valence-electron chi connectivity index (χ1n) is 6.60. The molecule has 1 aliphatic carbocycles. The predicted octanol–water partition coefficient (Wildman–Crippen LogP) is 1.88. The highest BCUT2D eigenvalue weighted by atomic mass is 16.5. The third-order valence-electron chi connectivity index (χ3n) is 4.44. The lowest BCUT2D eigenvalue weighted by atomic mass is 9.72. The minimum Gasteiger partial charge on any atom is -0.497 e. The Morgan fingerprint density at radius 1 is 1.40 bits per heavy atom. The molecule has 0 saturated carbocycles. The lowest BCUT2D eigenvalue weighted by molar-refractivity contribution is -0.130. The summed E-state index contributed by atoms with van der Waals surface area (Å²) in [7, 11) is 2.91. The summed E-state index contributed by atoms with van der Waals surface area (Å²) in [6, 6.07) is 5.66. The Morgan fingerprint density at radius 2 is 2.15 bits per heavy atom. The highest BCUT2D eigenvalue weighted by molar-refractivity contribution is 6.01. The van der Waals surface area contributed by atoms with Crippen molar-refractivity contribution in [3.63, 3.8) is 0 Å². The number of rotatable bonds is 1. The molecule has 2 unspecified atom stereocenters. The Balaban J connectivity index is 2.10. The van der Waals surface area contributed by atoms with Gasteiger partial charge in [-0.1, -0.05) is 6.07 Å². The van der Waals surface area contributed by atoms with Crippen LogP contribution in [0.4, 0.5) is 4.79 Å². The number of carbonyl (C=O) groups is 2. The van der Waals surface area contributed by atoms with Crippen molar-refractivity contribution in [2.75, 3.05) is 14.2 Å². The van der Waals surface area contributed by atoms with Gasteiger partial charge < -0.3 is 9.47 Å². The lowest BCUT2D eigenvalue weighted by Gasteiger charge is -2.29. The van der Waals surface area contributed by atoms with Gasteiger partial charge in [0.2, 0.25) is 5.91 Å². The first-order valence-corrected chi connectivity index (χ1v) is 6.60. The first kappa shape index (κ1) is 13.0. The summed E-state index contributed by atoms with van der Waals surface area (Å²) in [4.78, 5) is 25.8. The molecule has 5 nitrogen and oxygen atoms in total. The fourth-order valence-corrected chi connectivity index (χ4v) is 3.43. The largest absolute Gasteiger partial charge is 0.497 e. The van der Waals surface area contributed by atoms with E-state index in [0.29, 0.717) is 12.8 Å². The number of ether oxygens (including phenoxy) is 2. The van der Waals surface area contributed by atoms with Gasteiger partial charge in [0.15, 0.2) is 0 Å². The maximum Gasteiger partial charge on any atom is 0.416 e. The van der Waals surface area contributed by atoms with Gasteiger partial charge in [0.1, 0.15) is 5.75 Å². The predicted molar refractivity (Wildman–Crippen MR) is 71.7 cm³/mol. The standard InChI is InChI=1S/C15H17NO4/c1-15-8-10(16(13(15)17)14(18)20-3)6-9-4-5-11(19-2)7-12(9)15/h4-5,7,10H,6,8H2,1-3H3. The van der Waals surface area contributed by atoms with Crippen molar-refractivity contribution in [2.24, 2.45) is 0 Å². The number of amides is 2. The molecule has 2 atom stereocenters. The Morgan fingerprint density at radius 3 is 2.80 bits per heavy atom. The van der Waals surface area contributed by atoms with Gasteiger partial charge in [0.25, 0.3) is 0 Å². The van der Waals surface area contributed by atoms with Crippen molar-refractivity contribution in [1.29, 1.82) is 0 Å². The summed E-state index contributed by atoms with van der Waals surface area (Å²) in [6.07, 6.45) is 0.750. The smallest absolute Gasteiger partial charge is 0.416 e. The third-order valence-corrected chi connectivity index (χ3v) is 4.44. The molecule has 106 valence electrons. The van der Waals surface area contributed by atoms with Gasteiger partial charge in [-0.25, -0.2) is 9.69 Å². The van der Waals surface area contributed by atoms with Crippen molar-refractivity contribution in [1.82, 2.24) is 4.90 Å². The molecule has 1 fully saturated rings. The van der Waals surface area contributed by atoms with E-state index >= 15 is 0 Å². The van der Waals surface area contributed by atoms with Gasteiger partial charge in [0, 0.05) is 6.04 Å². The van der Waals surface area contributed by atoms with E-state index in [4.69, 9.17) is 9.47 Å². The average Bonchev–Trinajstić information content (AvgIpc) is 2.66. The van der Waals surface area contributed by atoms with Gasteiger partial charge in [-0.2, -0.15) is 0 Å². The number of carbonyl (C=O) groups excluding carboxylic acids is 2. The highest BCUT2D eigenvalue weighted by Crippen LogP contribution is 2.47. The molecule has 1 heterocycles. The van der Waals surface area contributed by atoms with Crippen LogP contribution in [0.5, 0.6) is 5.75 Å². The van der Waals surface area contributed by atoms with Gasteiger partial charge in [0.05, 0.1) is 19.6 Å². The molecule has 1 aromatic rings. The molecule has 0 N–H and O–H groups in total. The molecule has 2 amide bonds. The molecule has 1 aromatic carbocycles. The summed E-state index contributed by atoms with van der Waals surface area (Å²) in [5.41, 5.74) is 1.40. The molecular weight excluding hydrogens is 258 g/mol. The van der Waals surface area contributed by atoms with Gasteiger partial charge in [-0.05, 0) is 43.0 Å². The van der Waals surface area contributed by atoms with Crippen LogP contribution in [0.25, 0.3) is 0 Å². The van der Waals surface area contributed by atoms with Crippen LogP contribution in [0.15, 0.2) is 18.2 Å². The minimum atomic E-state index is -0.666. The van der Waals surface area contributed by atoms with E-state index < -0.39 is 11.5 Å². The number of fused-ring (bicyclic) bond motifs is 4. The lowest BCUT2D eigenvalue weighted by Crippen LogP contribution is -2.40. The molecule has 0 aromatic heterocycles. The van der Waals surface area contributed by atoms with Crippen LogP contribution < -0.4 is 4.74 Å². The molecule has 3 rings (SSSR count). The number of nitrogens with zero attached hydrogens (tertiary/aromatic N) is 1. The van der Waals surface area contributed by atoms with Crippen molar-refractivity contribution >= 4 is 12.0 Å². The van der Waals surface area contributed by atoms with E-state index in [1.165, 1.54) is 12.0 Å². The SMILES string of the molecule is COC(=O)N1C(=O)C2(C)CC1Cc1ccc(OC)cc12. The zero-order valence-corrected chi connectivity index (χ0v) is 11.8. The average molecular weight is 275 g/mol. The van der Waals surface area contributed by atoms with E-state index in [2.05, 4.69) is 0 Å². The Hall–Kier alpha value is -2.04. The van der Waals surface area contributed by atoms with E-state index in [1.54, 1.807) is 7.11 Å². The Bertz CT molecular complexity index is 598. The molecule has 1 saturated heterocycles. The second-order valence-corrected chi connectivity index (χ2v) is 5.56. The first-order chi connectivity index (χ1) is 9.51. The number of methoxy groups -OCH3 is 2. The third kappa shape index (κ3) is 1.55. The number of hydrogen-bond acceptors (Lipinski definition) is 4. The number of hydrogen-bond donors (Lipinski definition) is 0. The molecule has 1 aliphatic heterocycles. The van der Waals surface area contributed by atoms with Gasteiger partial charge >= 0.3 is 6.09 Å². The van der Waals surface area contributed by atoms with Crippen molar-refractivity contribution < 1.29 is 19.1 Å². The quantitative estimate of drug-likeness (QED) is 0.785. The monoisotopic (exact) mass is 275 g/mol. The molecule has 0 radical (unpaired) electrons. The van der Waals surface area contributed by atoms with Crippen LogP contribution in [0.3, 0.4) is 0 Å². The fraction of sp³-hybridized carbons (Fsp3) is 0.467. The summed E-state index contributed by atoms with van der Waals surface area (Å²) in [5, 5.41) is 0. The van der Waals surface area contributed by atoms with Crippen molar-refractivity contribution in [3.05, 3.63) is 29.3 Å². The topological polar surface area (TPSA) is 55.8 Å². The minimum absolute atomic E-state index is 0.110. The van der Waals surface area contributed by atoms with E-state index in [-0.39, 0.29) is 11.9 Å². The maximum absolute atomic E-state index is 12.7. The van der Waals surface area contributed by atoms with E-state index in [0.717, 1.165) is 16.9 Å². The molecule has 2 bridgehead atoms. The highest BCUT2D eigenvalue weighted by Gasteiger charge is 2.55. The molecule has 2 aliphatic rings. The van der Waals surface area contributed by atoms with Crippen LogP contribution in [0.2, 0.25) is 0 Å². The molecular formula is C15H17NO4. The second-order valence-electron chi connectivity index (χ2n) is 5.56. The summed E-state index contributed by atoms with van der Waals surface area (Å²) < 4.78 is 9.99. The van der Waals surface area contributed by atoms with Gasteiger partial charge in [-0.15, -0.1) is 0 Å². The zero-order valence-electron chi connectivity index (χ0n) is 11.8. The van der Waals surface area contributed by atoms with E-state index in [9.17, 15) is 9.59 Å². The van der Waals surface area contributed by atoms with E-state index in [1.807, 2.05) is 25.1 Å². The molecule has 0 spiro atoms. The molecule has 20 heavy (non-hydrogen) atoms. The number of likely N-dealkylation sites (tertiary alicyclic amines) is 1. The Labute approximate surface area is 117 Å². The van der Waals surface area contributed by atoms with Crippen molar-refractivity contribution in [3.8, 4) is 5.75 Å². The van der Waals surface area contributed by atoms with Crippen LogP contribution >= 0.6 is 0 Å². The van der Waals surface area contributed by atoms with Crippen LogP contribution in [0.1, 0.15) is 24.5 Å².